The third-order valence-corrected chi connectivity index (χ3v) is 9.18. The van der Waals surface area contributed by atoms with Crippen LogP contribution in [0.4, 0.5) is 0 Å². The monoisotopic (exact) mass is 536 g/mol. The van der Waals surface area contributed by atoms with Gasteiger partial charge in [-0.25, -0.2) is 0 Å². The molecular formula is C33H45O4P. The Kier molecular flexibility index (Phi) is 13.3. The number of ether oxygens (including phenoxy) is 4. The molecule has 0 aliphatic rings. The maximum absolute atomic E-state index is 6.06. The number of benzene rings is 3. The van der Waals surface area contributed by atoms with Crippen LogP contribution in [-0.2, 0) is 6.16 Å². The van der Waals surface area contributed by atoms with Gasteiger partial charge in [0.25, 0.3) is 0 Å². The van der Waals surface area contributed by atoms with Gasteiger partial charge in [-0.2, -0.15) is 0 Å². The topological polar surface area (TPSA) is 36.9 Å². The normalized spacial score (nSPS) is 11.0. The van der Waals surface area contributed by atoms with Crippen LogP contribution < -0.4 is 29.6 Å². The van der Waals surface area contributed by atoms with E-state index in [9.17, 15) is 0 Å². The maximum Gasteiger partial charge on any atom is 0.130 e. The van der Waals surface area contributed by atoms with Gasteiger partial charge < -0.3 is 18.9 Å². The van der Waals surface area contributed by atoms with Gasteiger partial charge in [-0.15, -0.1) is 0 Å². The Morgan fingerprint density at radius 3 is 1.53 bits per heavy atom. The Labute approximate surface area is 231 Å². The van der Waals surface area contributed by atoms with Crippen molar-refractivity contribution >= 4 is 18.5 Å². The van der Waals surface area contributed by atoms with Crippen molar-refractivity contribution in [1.82, 2.24) is 0 Å². The summed E-state index contributed by atoms with van der Waals surface area (Å²) in [6.07, 6.45) is 10.4. The van der Waals surface area contributed by atoms with Gasteiger partial charge in [0.2, 0.25) is 0 Å². The SMILES string of the molecule is CCCCCCOc1ccc(P(Cc2ccccc2)c2ccc(OCCCCCC)cc2OC)c(OC)c1. The van der Waals surface area contributed by atoms with Crippen LogP contribution in [0.5, 0.6) is 23.0 Å². The molecule has 0 atom stereocenters. The van der Waals surface area contributed by atoms with Crippen molar-refractivity contribution in [2.24, 2.45) is 0 Å². The first kappa shape index (κ1) is 29.8. The number of rotatable bonds is 18. The molecule has 206 valence electrons. The number of methoxy groups -OCH3 is 2. The van der Waals surface area contributed by atoms with Crippen molar-refractivity contribution in [1.29, 1.82) is 0 Å². The van der Waals surface area contributed by atoms with Gasteiger partial charge in [0.15, 0.2) is 0 Å². The van der Waals surface area contributed by atoms with Crippen LogP contribution in [0.1, 0.15) is 70.8 Å². The van der Waals surface area contributed by atoms with Crippen LogP contribution in [0.25, 0.3) is 0 Å². The average Bonchev–Trinajstić information content (AvgIpc) is 2.96. The summed E-state index contributed by atoms with van der Waals surface area (Å²) in [4.78, 5) is 0. The third-order valence-electron chi connectivity index (χ3n) is 6.60. The largest absolute Gasteiger partial charge is 0.496 e. The predicted molar refractivity (Wildman–Crippen MR) is 162 cm³/mol. The van der Waals surface area contributed by atoms with Crippen molar-refractivity contribution in [3.63, 3.8) is 0 Å². The van der Waals surface area contributed by atoms with E-state index in [4.69, 9.17) is 18.9 Å². The van der Waals surface area contributed by atoms with Gasteiger partial charge in [0.1, 0.15) is 23.0 Å². The van der Waals surface area contributed by atoms with Gasteiger partial charge in [0, 0.05) is 28.9 Å². The Morgan fingerprint density at radius 2 is 1.08 bits per heavy atom. The standard InChI is InChI=1S/C33H45O4P/c1-5-7-9-14-22-36-28-18-20-32(30(24-28)34-3)38(26-27-16-12-11-13-17-27)33-21-19-29(25-31(33)35-4)37-23-15-10-8-6-2/h11-13,16-21,24-25H,5-10,14-15,22-23,26H2,1-4H3. The third kappa shape index (κ3) is 9.24. The second-order valence-electron chi connectivity index (χ2n) is 9.56. The van der Waals surface area contributed by atoms with E-state index in [-0.39, 0.29) is 0 Å². The Bertz CT molecular complexity index is 1000. The summed E-state index contributed by atoms with van der Waals surface area (Å²) in [5.41, 5.74) is 1.29. The lowest BCUT2D eigenvalue weighted by atomic mass is 10.2. The van der Waals surface area contributed by atoms with Crippen molar-refractivity contribution in [3.8, 4) is 23.0 Å². The predicted octanol–water partition coefficient (Wildman–Crippen LogP) is 8.25. The summed E-state index contributed by atoms with van der Waals surface area (Å²) in [5.74, 6) is 3.43. The van der Waals surface area contributed by atoms with Gasteiger partial charge >= 0.3 is 0 Å². The molecule has 0 heterocycles. The van der Waals surface area contributed by atoms with E-state index in [2.05, 4.69) is 68.4 Å². The minimum absolute atomic E-state index is 0.731. The quantitative estimate of drug-likeness (QED) is 0.121. The zero-order chi connectivity index (χ0) is 27.0. The number of hydrogen-bond donors (Lipinski definition) is 0. The Hall–Kier alpha value is -2.71. The lowest BCUT2D eigenvalue weighted by Gasteiger charge is -2.24. The van der Waals surface area contributed by atoms with Crippen LogP contribution in [-0.4, -0.2) is 27.4 Å². The molecule has 0 unspecified atom stereocenters. The van der Waals surface area contributed by atoms with Crippen LogP contribution >= 0.6 is 7.92 Å². The fourth-order valence-corrected chi connectivity index (χ4v) is 6.97. The van der Waals surface area contributed by atoms with Crippen molar-refractivity contribution in [3.05, 3.63) is 72.3 Å². The minimum Gasteiger partial charge on any atom is -0.496 e. The first-order valence-electron chi connectivity index (χ1n) is 14.1. The average molecular weight is 537 g/mol. The molecule has 3 aromatic rings. The molecule has 3 aromatic carbocycles. The molecule has 0 radical (unpaired) electrons. The molecule has 0 spiro atoms. The first-order chi connectivity index (χ1) is 18.7. The van der Waals surface area contributed by atoms with E-state index in [1.807, 2.05) is 12.1 Å². The van der Waals surface area contributed by atoms with E-state index >= 15 is 0 Å². The van der Waals surface area contributed by atoms with E-state index in [1.165, 1.54) is 54.7 Å². The number of hydrogen-bond acceptors (Lipinski definition) is 4. The zero-order valence-electron chi connectivity index (χ0n) is 23.7. The van der Waals surface area contributed by atoms with Crippen molar-refractivity contribution < 1.29 is 18.9 Å². The van der Waals surface area contributed by atoms with E-state index in [0.717, 1.165) is 55.2 Å². The molecule has 0 amide bonds. The molecule has 3 rings (SSSR count). The molecule has 0 saturated heterocycles. The molecule has 0 N–H and O–H groups in total. The summed E-state index contributed by atoms with van der Waals surface area (Å²) < 4.78 is 24.0. The fraction of sp³-hybridized carbons (Fsp3) is 0.455. The molecule has 0 fully saturated rings. The summed E-state index contributed by atoms with van der Waals surface area (Å²) in [6, 6.07) is 23.2. The van der Waals surface area contributed by atoms with Crippen LogP contribution in [0, 0.1) is 0 Å². The molecule has 5 heteroatoms. The van der Waals surface area contributed by atoms with Gasteiger partial charge in [-0.05, 0) is 50.6 Å². The second kappa shape index (κ2) is 17.0. The van der Waals surface area contributed by atoms with Gasteiger partial charge in [-0.1, -0.05) is 82.7 Å². The summed E-state index contributed by atoms with van der Waals surface area (Å²) in [5, 5.41) is 2.35. The van der Waals surface area contributed by atoms with E-state index in [0.29, 0.717) is 0 Å². The highest BCUT2D eigenvalue weighted by molar-refractivity contribution is 7.72. The molecule has 0 aromatic heterocycles. The molecule has 0 aliphatic heterocycles. The lowest BCUT2D eigenvalue weighted by Crippen LogP contribution is -2.18. The van der Waals surface area contributed by atoms with Crippen LogP contribution in [0.2, 0.25) is 0 Å². The highest BCUT2D eigenvalue weighted by Crippen LogP contribution is 2.44. The molecule has 38 heavy (non-hydrogen) atoms. The van der Waals surface area contributed by atoms with Crippen LogP contribution in [0.3, 0.4) is 0 Å². The lowest BCUT2D eigenvalue weighted by molar-refractivity contribution is 0.303. The fourth-order valence-electron chi connectivity index (χ4n) is 4.45. The Balaban J connectivity index is 1.87. The maximum atomic E-state index is 6.06. The zero-order valence-corrected chi connectivity index (χ0v) is 24.6. The van der Waals surface area contributed by atoms with Crippen LogP contribution in [0.15, 0.2) is 66.7 Å². The molecule has 0 saturated carbocycles. The van der Waals surface area contributed by atoms with Crippen molar-refractivity contribution in [2.75, 3.05) is 27.4 Å². The Morgan fingerprint density at radius 1 is 0.579 bits per heavy atom. The van der Waals surface area contributed by atoms with Crippen molar-refractivity contribution in [2.45, 2.75) is 71.4 Å². The highest BCUT2D eigenvalue weighted by Gasteiger charge is 2.23. The molecular weight excluding hydrogens is 491 g/mol. The van der Waals surface area contributed by atoms with E-state index in [1.54, 1.807) is 14.2 Å². The van der Waals surface area contributed by atoms with Gasteiger partial charge in [-0.3, -0.25) is 0 Å². The molecule has 4 nitrogen and oxygen atoms in total. The second-order valence-corrected chi connectivity index (χ2v) is 11.7. The summed E-state index contributed by atoms with van der Waals surface area (Å²) in [6.45, 7) is 5.91. The van der Waals surface area contributed by atoms with E-state index < -0.39 is 7.92 Å². The first-order valence-corrected chi connectivity index (χ1v) is 15.7. The highest BCUT2D eigenvalue weighted by atomic mass is 31.1. The minimum atomic E-state index is -0.808. The smallest absolute Gasteiger partial charge is 0.130 e. The summed E-state index contributed by atoms with van der Waals surface area (Å²) in [7, 11) is 2.68. The molecule has 0 aliphatic carbocycles. The van der Waals surface area contributed by atoms with Gasteiger partial charge in [0.05, 0.1) is 27.4 Å². The molecule has 0 bridgehead atoms. The summed E-state index contributed by atoms with van der Waals surface area (Å²) >= 11 is 0. The number of unbranched alkanes of at least 4 members (excludes halogenated alkanes) is 6.